The Bertz CT molecular complexity index is 1660. The summed E-state index contributed by atoms with van der Waals surface area (Å²) in [7, 11) is 1.36. The van der Waals surface area contributed by atoms with Gasteiger partial charge in [0.15, 0.2) is 4.88 Å². The molecule has 2 aromatic carbocycles. The smallest absolute Gasteiger partial charge is 0.351 e. The summed E-state index contributed by atoms with van der Waals surface area (Å²) in [5.74, 6) is 0.484. The van der Waals surface area contributed by atoms with E-state index in [0.717, 1.165) is 58.7 Å². The number of methoxy groups -OCH3 is 1. The number of nitrogens with zero attached hydrogens (tertiary/aromatic N) is 3. The average Bonchev–Trinajstić information content (AvgIpc) is 3.59. The molecule has 1 aliphatic rings. The number of carbonyl (C=O) groups excluding carboxylic acids is 2. The standard InChI is InChI=1S/C34H38ClN3O4S/c1-21(23-13-15-37(16-14-23)30(39)19-34(3,4)5)24-11-12-27-28(17-24)38(20-36-27)31-18-29(32(43-31)33(40)41-6)42-22(2)25-9-7-8-10-26(25)35/h7-12,17-18,20,22-23H,1,13-16,19H2,2-6H3/t22-/m1/s1. The molecule has 7 nitrogen and oxygen atoms in total. The molecule has 0 saturated carbocycles. The van der Waals surface area contributed by atoms with E-state index >= 15 is 0 Å². The summed E-state index contributed by atoms with van der Waals surface area (Å²) < 4.78 is 13.3. The third kappa shape index (κ3) is 6.81. The number of allylic oxidation sites excluding steroid dienone is 1. The molecule has 1 fully saturated rings. The Morgan fingerprint density at radius 1 is 1.14 bits per heavy atom. The highest BCUT2D eigenvalue weighted by atomic mass is 35.5. The lowest BCUT2D eigenvalue weighted by atomic mass is 9.85. The number of ether oxygens (including phenoxy) is 2. The molecule has 0 bridgehead atoms. The molecule has 0 N–H and O–H groups in total. The molecule has 226 valence electrons. The highest BCUT2D eigenvalue weighted by molar-refractivity contribution is 7.16. The zero-order valence-corrected chi connectivity index (χ0v) is 26.9. The van der Waals surface area contributed by atoms with Gasteiger partial charge < -0.3 is 14.4 Å². The number of rotatable bonds is 8. The molecule has 0 spiro atoms. The lowest BCUT2D eigenvalue weighted by molar-refractivity contribution is -0.134. The Morgan fingerprint density at radius 3 is 2.53 bits per heavy atom. The Kier molecular flexibility index (Phi) is 8.99. The first-order valence-electron chi connectivity index (χ1n) is 14.5. The van der Waals surface area contributed by atoms with Crippen molar-refractivity contribution < 1.29 is 19.1 Å². The molecule has 43 heavy (non-hydrogen) atoms. The molecule has 2 aromatic heterocycles. The summed E-state index contributed by atoms with van der Waals surface area (Å²) >= 11 is 7.69. The van der Waals surface area contributed by atoms with E-state index in [1.807, 2.05) is 52.8 Å². The first-order chi connectivity index (χ1) is 20.4. The van der Waals surface area contributed by atoms with E-state index < -0.39 is 5.97 Å². The second-order valence-corrected chi connectivity index (χ2v) is 13.7. The molecule has 1 aliphatic heterocycles. The van der Waals surface area contributed by atoms with Crippen LogP contribution in [0.5, 0.6) is 5.75 Å². The lowest BCUT2D eigenvalue weighted by Crippen LogP contribution is -2.40. The van der Waals surface area contributed by atoms with Crippen LogP contribution in [0.3, 0.4) is 0 Å². The molecule has 3 heterocycles. The van der Waals surface area contributed by atoms with Gasteiger partial charge in [-0.2, -0.15) is 0 Å². The van der Waals surface area contributed by atoms with Crippen molar-refractivity contribution in [2.75, 3.05) is 20.2 Å². The molecule has 0 unspecified atom stereocenters. The molecule has 1 atom stereocenters. The lowest BCUT2D eigenvalue weighted by Gasteiger charge is -2.34. The van der Waals surface area contributed by atoms with Crippen LogP contribution in [0.15, 0.2) is 61.4 Å². The van der Waals surface area contributed by atoms with Gasteiger partial charge in [-0.25, -0.2) is 9.78 Å². The fourth-order valence-electron chi connectivity index (χ4n) is 5.52. The molecule has 0 radical (unpaired) electrons. The van der Waals surface area contributed by atoms with Gasteiger partial charge in [0, 0.05) is 36.2 Å². The van der Waals surface area contributed by atoms with E-state index in [9.17, 15) is 9.59 Å². The van der Waals surface area contributed by atoms with Crippen LogP contribution >= 0.6 is 22.9 Å². The quantitative estimate of drug-likeness (QED) is 0.185. The first-order valence-corrected chi connectivity index (χ1v) is 15.7. The SMILES string of the molecule is C=C(c1ccc2ncn(-c3cc(O[C@H](C)c4ccccc4Cl)c(C(=O)OC)s3)c2c1)C1CCN(C(=O)CC(C)(C)C)CC1. The number of thiophene rings is 1. The fraction of sp³-hybridized carbons (Fsp3) is 0.382. The van der Waals surface area contributed by atoms with Crippen LogP contribution in [0.25, 0.3) is 21.6 Å². The van der Waals surface area contributed by atoms with Crippen molar-refractivity contribution in [2.24, 2.45) is 11.3 Å². The van der Waals surface area contributed by atoms with E-state index in [4.69, 9.17) is 21.1 Å². The van der Waals surface area contributed by atoms with Crippen LogP contribution in [-0.2, 0) is 9.53 Å². The summed E-state index contributed by atoms with van der Waals surface area (Å²) in [6, 6.07) is 15.5. The van der Waals surface area contributed by atoms with Gasteiger partial charge in [0.05, 0.1) is 18.1 Å². The highest BCUT2D eigenvalue weighted by Crippen LogP contribution is 2.38. The van der Waals surface area contributed by atoms with Crippen LogP contribution in [0.1, 0.15) is 73.9 Å². The number of hydrogen-bond acceptors (Lipinski definition) is 6. The minimum absolute atomic E-state index is 0.0170. The number of imidazole rings is 1. The maximum Gasteiger partial charge on any atom is 0.351 e. The van der Waals surface area contributed by atoms with Gasteiger partial charge in [-0.15, -0.1) is 11.3 Å². The first kappa shape index (κ1) is 30.8. The largest absolute Gasteiger partial charge is 0.484 e. The Hall–Kier alpha value is -3.62. The zero-order valence-electron chi connectivity index (χ0n) is 25.4. The molecular weight excluding hydrogens is 582 g/mol. The highest BCUT2D eigenvalue weighted by Gasteiger charge is 2.28. The van der Waals surface area contributed by atoms with Crippen LogP contribution in [-0.4, -0.2) is 46.5 Å². The minimum atomic E-state index is -0.469. The molecular formula is C34H38ClN3O4S. The van der Waals surface area contributed by atoms with E-state index in [0.29, 0.717) is 28.0 Å². The van der Waals surface area contributed by atoms with Gasteiger partial charge in [-0.3, -0.25) is 9.36 Å². The van der Waals surface area contributed by atoms with E-state index in [-0.39, 0.29) is 17.4 Å². The van der Waals surface area contributed by atoms with Crippen LogP contribution in [0.4, 0.5) is 0 Å². The maximum atomic E-state index is 12.7. The third-order valence-electron chi connectivity index (χ3n) is 7.88. The van der Waals surface area contributed by atoms with Gasteiger partial charge >= 0.3 is 5.97 Å². The monoisotopic (exact) mass is 619 g/mol. The van der Waals surface area contributed by atoms with Crippen LogP contribution < -0.4 is 4.74 Å². The van der Waals surface area contributed by atoms with E-state index in [1.165, 1.54) is 18.4 Å². The molecule has 4 aromatic rings. The number of fused-ring (bicyclic) bond motifs is 1. The van der Waals surface area contributed by atoms with Crippen molar-refractivity contribution in [3.05, 3.63) is 82.5 Å². The van der Waals surface area contributed by atoms with Gasteiger partial charge in [0.1, 0.15) is 23.2 Å². The normalized spacial score (nSPS) is 15.0. The van der Waals surface area contributed by atoms with Gasteiger partial charge in [-0.1, -0.05) is 63.2 Å². The van der Waals surface area contributed by atoms with Crippen LogP contribution in [0, 0.1) is 11.3 Å². The summed E-state index contributed by atoms with van der Waals surface area (Å²) in [5.41, 5.74) is 4.66. The van der Waals surface area contributed by atoms with Gasteiger partial charge in [0.2, 0.25) is 5.91 Å². The van der Waals surface area contributed by atoms with E-state index in [1.54, 1.807) is 6.33 Å². The number of likely N-dealkylation sites (tertiary alicyclic amines) is 1. The van der Waals surface area contributed by atoms with Crippen molar-refractivity contribution in [3.8, 4) is 10.8 Å². The summed E-state index contributed by atoms with van der Waals surface area (Å²) in [4.78, 5) is 32.4. The Morgan fingerprint density at radius 2 is 1.86 bits per heavy atom. The van der Waals surface area contributed by atoms with E-state index in [2.05, 4.69) is 44.5 Å². The number of amides is 1. The van der Waals surface area contributed by atoms with Gasteiger partial charge in [-0.05, 0) is 60.4 Å². The second-order valence-electron chi connectivity index (χ2n) is 12.3. The second kappa shape index (κ2) is 12.5. The maximum absolute atomic E-state index is 12.7. The van der Waals surface area contributed by atoms with Gasteiger partial charge in [0.25, 0.3) is 0 Å². The summed E-state index contributed by atoms with van der Waals surface area (Å²) in [6.45, 7) is 14.2. The number of halogens is 1. The Balaban J connectivity index is 1.38. The molecule has 0 aliphatic carbocycles. The van der Waals surface area contributed by atoms with Crippen LogP contribution in [0.2, 0.25) is 5.02 Å². The fourth-order valence-corrected chi connectivity index (χ4v) is 6.81. The average molecular weight is 620 g/mol. The summed E-state index contributed by atoms with van der Waals surface area (Å²) in [6.07, 6.45) is 3.72. The number of benzene rings is 2. The minimum Gasteiger partial charge on any atom is -0.484 e. The Labute approximate surface area is 262 Å². The number of esters is 1. The molecule has 1 saturated heterocycles. The zero-order chi connectivity index (χ0) is 30.9. The number of piperidine rings is 1. The number of hydrogen-bond donors (Lipinski definition) is 0. The molecule has 1 amide bonds. The summed E-state index contributed by atoms with van der Waals surface area (Å²) in [5, 5.41) is 1.37. The van der Waals surface area contributed by atoms with Crippen molar-refractivity contribution in [1.29, 1.82) is 0 Å². The van der Waals surface area contributed by atoms with Crippen molar-refractivity contribution in [3.63, 3.8) is 0 Å². The third-order valence-corrected chi connectivity index (χ3v) is 9.32. The van der Waals surface area contributed by atoms with Crippen molar-refractivity contribution in [1.82, 2.24) is 14.5 Å². The molecule has 9 heteroatoms. The number of aromatic nitrogens is 2. The number of carbonyl (C=O) groups is 2. The predicted octanol–water partition coefficient (Wildman–Crippen LogP) is 8.36. The van der Waals surface area contributed by atoms with Crippen molar-refractivity contribution >= 4 is 51.4 Å². The molecule has 5 rings (SSSR count). The topological polar surface area (TPSA) is 73.7 Å². The predicted molar refractivity (Wildman–Crippen MR) is 173 cm³/mol. The van der Waals surface area contributed by atoms with Crippen molar-refractivity contribution in [2.45, 2.75) is 53.1 Å².